The largest absolute Gasteiger partial charge is 0.444 e. The van der Waals surface area contributed by atoms with Gasteiger partial charge in [-0.05, 0) is 84.4 Å². The lowest BCUT2D eigenvalue weighted by Gasteiger charge is -2.35. The molecule has 0 saturated heterocycles. The normalized spacial score (nSPS) is 14.0. The first kappa shape index (κ1) is 30.8. The number of carbonyl (C=O) groups excluding carboxylic acids is 3. The Morgan fingerprint density at radius 2 is 1.74 bits per heavy atom. The van der Waals surface area contributed by atoms with E-state index in [0.29, 0.717) is 18.7 Å². The highest BCUT2D eigenvalue weighted by atomic mass is 32.2. The van der Waals surface area contributed by atoms with Gasteiger partial charge in [0.2, 0.25) is 11.8 Å². The van der Waals surface area contributed by atoms with Crippen LogP contribution >= 0.6 is 11.8 Å². The molecule has 0 heterocycles. The average molecular weight is 508 g/mol. The molecule has 1 rings (SSSR count). The molecule has 0 aliphatic rings. The second-order valence-corrected chi connectivity index (χ2v) is 11.1. The van der Waals surface area contributed by atoms with Crippen molar-refractivity contribution in [2.45, 2.75) is 98.4 Å². The summed E-state index contributed by atoms with van der Waals surface area (Å²) in [5, 5.41) is 5.85. The van der Waals surface area contributed by atoms with Crippen LogP contribution in [0.3, 0.4) is 0 Å². The molecule has 0 radical (unpaired) electrons. The lowest BCUT2D eigenvalue weighted by molar-refractivity contribution is -0.142. The summed E-state index contributed by atoms with van der Waals surface area (Å²) in [7, 11) is 0. The molecule has 0 spiro atoms. The minimum atomic E-state index is -0.801. The van der Waals surface area contributed by atoms with E-state index in [1.165, 1.54) is 0 Å². The zero-order valence-corrected chi connectivity index (χ0v) is 23.8. The van der Waals surface area contributed by atoms with Crippen LogP contribution in [0.1, 0.15) is 83.5 Å². The van der Waals surface area contributed by atoms with Crippen LogP contribution in [0.5, 0.6) is 0 Å². The Morgan fingerprint density at radius 1 is 1.09 bits per heavy atom. The van der Waals surface area contributed by atoms with E-state index < -0.39 is 23.8 Å². The van der Waals surface area contributed by atoms with Gasteiger partial charge in [0.1, 0.15) is 17.7 Å². The first-order valence-electron chi connectivity index (χ1n) is 12.5. The molecule has 1 aromatic carbocycles. The van der Waals surface area contributed by atoms with Crippen molar-refractivity contribution < 1.29 is 19.1 Å². The van der Waals surface area contributed by atoms with Gasteiger partial charge in [0.25, 0.3) is 0 Å². The first-order chi connectivity index (χ1) is 16.3. The summed E-state index contributed by atoms with van der Waals surface area (Å²) in [4.78, 5) is 41.6. The Bertz CT molecular complexity index is 853. The summed E-state index contributed by atoms with van der Waals surface area (Å²) < 4.78 is 5.41. The molecule has 0 bridgehead atoms. The third kappa shape index (κ3) is 10.1. The van der Waals surface area contributed by atoms with Gasteiger partial charge in [-0.1, -0.05) is 37.1 Å². The van der Waals surface area contributed by atoms with Gasteiger partial charge in [-0.3, -0.25) is 9.59 Å². The highest BCUT2D eigenvalue weighted by Gasteiger charge is 2.36. The fourth-order valence-corrected chi connectivity index (χ4v) is 4.49. The van der Waals surface area contributed by atoms with E-state index in [1.807, 2.05) is 52.1 Å². The molecule has 1 aromatic rings. The number of benzene rings is 1. The van der Waals surface area contributed by atoms with Crippen LogP contribution in [0, 0.1) is 13.8 Å². The Labute approximate surface area is 216 Å². The number of thioether (sulfide) groups is 1. The zero-order valence-electron chi connectivity index (χ0n) is 23.0. The predicted octanol–water partition coefficient (Wildman–Crippen LogP) is 5.14. The summed E-state index contributed by atoms with van der Waals surface area (Å²) in [6.07, 6.45) is 3.54. The molecule has 3 amide bonds. The lowest BCUT2D eigenvalue weighted by Crippen LogP contribution is -2.53. The van der Waals surface area contributed by atoms with Crippen LogP contribution in [0.15, 0.2) is 18.2 Å². The third-order valence-electron chi connectivity index (χ3n) is 5.61. The van der Waals surface area contributed by atoms with Crippen LogP contribution in [0.4, 0.5) is 4.79 Å². The fourth-order valence-electron chi connectivity index (χ4n) is 4.02. The Morgan fingerprint density at radius 3 is 2.26 bits per heavy atom. The van der Waals surface area contributed by atoms with Crippen LogP contribution in [0.2, 0.25) is 0 Å². The number of alkyl carbamates (subject to hydrolysis) is 1. The van der Waals surface area contributed by atoms with Crippen LogP contribution in [-0.4, -0.2) is 59.0 Å². The molecule has 8 heteroatoms. The maximum atomic E-state index is 13.9. The van der Waals surface area contributed by atoms with Gasteiger partial charge in [0, 0.05) is 12.6 Å². The molecule has 7 nitrogen and oxygen atoms in total. The van der Waals surface area contributed by atoms with Crippen molar-refractivity contribution in [3.05, 3.63) is 34.9 Å². The number of hydrogen-bond acceptors (Lipinski definition) is 5. The number of likely N-dealkylation sites (N-methyl/N-ethyl adjacent to an activating group) is 1. The number of nitrogens with one attached hydrogen (secondary N) is 2. The Balaban J connectivity index is 3.39. The maximum absolute atomic E-state index is 13.9. The fraction of sp³-hybridized carbons (Fsp3) is 0.667. The molecular formula is C27H45N3O4S. The second kappa shape index (κ2) is 14.4. The van der Waals surface area contributed by atoms with Crippen molar-refractivity contribution in [1.29, 1.82) is 0 Å². The summed E-state index contributed by atoms with van der Waals surface area (Å²) in [5.41, 5.74) is 2.13. The number of aryl methyl sites for hydroxylation is 2. The topological polar surface area (TPSA) is 87.7 Å². The average Bonchev–Trinajstić information content (AvgIpc) is 2.73. The standard InChI is InChI=1S/C27H45N3O4S/c1-10-12-20(5)28-24(31)23(21-14-13-18(3)17-19(21)4)30(11-2)25(32)22(15-16-35-9)29-26(33)34-27(6,7)8/h13-14,17,20,22-23H,10-12,15-16H2,1-9H3,(H,28,31)(H,29,33). The Kier molecular flexibility index (Phi) is 12.6. The quantitative estimate of drug-likeness (QED) is 0.409. The van der Waals surface area contributed by atoms with E-state index in [2.05, 4.69) is 17.6 Å². The predicted molar refractivity (Wildman–Crippen MR) is 145 cm³/mol. The van der Waals surface area contributed by atoms with Crippen molar-refractivity contribution in [2.75, 3.05) is 18.6 Å². The minimum absolute atomic E-state index is 0.0123. The Hall–Kier alpha value is -2.22. The van der Waals surface area contributed by atoms with Crippen LogP contribution < -0.4 is 10.6 Å². The summed E-state index contributed by atoms with van der Waals surface area (Å²) in [6.45, 7) is 15.5. The van der Waals surface area contributed by atoms with E-state index in [9.17, 15) is 14.4 Å². The summed E-state index contributed by atoms with van der Waals surface area (Å²) in [6, 6.07) is 4.29. The van der Waals surface area contributed by atoms with E-state index in [1.54, 1.807) is 37.4 Å². The van der Waals surface area contributed by atoms with Gasteiger partial charge in [-0.25, -0.2) is 4.79 Å². The molecule has 35 heavy (non-hydrogen) atoms. The van der Waals surface area contributed by atoms with Crippen molar-refractivity contribution >= 4 is 29.7 Å². The van der Waals surface area contributed by atoms with Crippen LogP contribution in [-0.2, 0) is 14.3 Å². The lowest BCUT2D eigenvalue weighted by atomic mass is 9.96. The van der Waals surface area contributed by atoms with Gasteiger partial charge in [0.05, 0.1) is 0 Å². The summed E-state index contributed by atoms with van der Waals surface area (Å²) in [5.74, 6) is 0.169. The number of amides is 3. The van der Waals surface area contributed by atoms with Crippen molar-refractivity contribution in [3.8, 4) is 0 Å². The van der Waals surface area contributed by atoms with E-state index >= 15 is 0 Å². The minimum Gasteiger partial charge on any atom is -0.444 e. The zero-order chi connectivity index (χ0) is 26.8. The van der Waals surface area contributed by atoms with Crippen molar-refractivity contribution in [1.82, 2.24) is 15.5 Å². The first-order valence-corrected chi connectivity index (χ1v) is 13.9. The molecule has 0 saturated carbocycles. The smallest absolute Gasteiger partial charge is 0.408 e. The van der Waals surface area contributed by atoms with E-state index in [-0.39, 0.29) is 17.9 Å². The maximum Gasteiger partial charge on any atom is 0.408 e. The SMILES string of the molecule is CCCC(C)NC(=O)C(c1ccc(C)cc1C)N(CC)C(=O)C(CCSC)NC(=O)OC(C)(C)C. The molecule has 3 unspecified atom stereocenters. The van der Waals surface area contributed by atoms with Gasteiger partial charge in [-0.15, -0.1) is 0 Å². The molecule has 198 valence electrons. The van der Waals surface area contributed by atoms with E-state index in [4.69, 9.17) is 4.74 Å². The molecule has 2 N–H and O–H groups in total. The highest BCUT2D eigenvalue weighted by molar-refractivity contribution is 7.98. The number of rotatable bonds is 12. The number of hydrogen-bond donors (Lipinski definition) is 2. The van der Waals surface area contributed by atoms with Gasteiger partial charge >= 0.3 is 6.09 Å². The molecule has 0 aromatic heterocycles. The van der Waals surface area contributed by atoms with Crippen LogP contribution in [0.25, 0.3) is 0 Å². The van der Waals surface area contributed by atoms with Gasteiger partial charge in [-0.2, -0.15) is 11.8 Å². The van der Waals surface area contributed by atoms with Gasteiger partial charge < -0.3 is 20.3 Å². The van der Waals surface area contributed by atoms with Crippen molar-refractivity contribution in [3.63, 3.8) is 0 Å². The summed E-state index contributed by atoms with van der Waals surface area (Å²) >= 11 is 1.59. The molecule has 0 aliphatic heterocycles. The van der Waals surface area contributed by atoms with E-state index in [0.717, 1.165) is 29.5 Å². The molecular weight excluding hydrogens is 462 g/mol. The third-order valence-corrected chi connectivity index (χ3v) is 6.26. The van der Waals surface area contributed by atoms with Crippen molar-refractivity contribution in [2.24, 2.45) is 0 Å². The molecule has 0 aliphatic carbocycles. The molecule has 3 atom stereocenters. The number of ether oxygens (including phenoxy) is 1. The molecule has 0 fully saturated rings. The highest BCUT2D eigenvalue weighted by Crippen LogP contribution is 2.27. The number of carbonyl (C=O) groups is 3. The number of nitrogens with zero attached hydrogens (tertiary/aromatic N) is 1. The second-order valence-electron chi connectivity index (χ2n) is 10.1. The van der Waals surface area contributed by atoms with Gasteiger partial charge in [0.15, 0.2) is 0 Å². The monoisotopic (exact) mass is 507 g/mol.